The molecule has 0 saturated heterocycles. The smallest absolute Gasteiger partial charge is 0.165 e. The Kier molecular flexibility index (Phi) is 4.10. The lowest BCUT2D eigenvalue weighted by Gasteiger charge is -2.12. The molecular weight excluding hydrogens is 354 g/mol. The van der Waals surface area contributed by atoms with E-state index in [4.69, 9.17) is 21.3 Å². The van der Waals surface area contributed by atoms with E-state index in [1.54, 1.807) is 18.4 Å². The predicted molar refractivity (Wildman–Crippen MR) is 102 cm³/mol. The van der Waals surface area contributed by atoms with Crippen LogP contribution in [0.1, 0.15) is 32.9 Å². The van der Waals surface area contributed by atoms with Crippen LogP contribution in [-0.2, 0) is 16.0 Å². The van der Waals surface area contributed by atoms with E-state index in [9.17, 15) is 4.79 Å². The van der Waals surface area contributed by atoms with Crippen LogP contribution in [0.15, 0.2) is 29.3 Å². The van der Waals surface area contributed by atoms with Gasteiger partial charge in [0.2, 0.25) is 0 Å². The molecule has 1 fully saturated rings. The summed E-state index contributed by atoms with van der Waals surface area (Å²) in [5.41, 5.74) is 3.70. The molecule has 1 aromatic carbocycles. The van der Waals surface area contributed by atoms with Gasteiger partial charge in [0, 0.05) is 45.4 Å². The van der Waals surface area contributed by atoms with Crippen molar-refractivity contribution in [2.24, 2.45) is 10.9 Å². The zero-order valence-electron chi connectivity index (χ0n) is 14.6. The molecule has 2 aliphatic rings. The number of Topliss-reactive ketones (excluding diaryl/α,β-unsaturated/α-hetero) is 1. The van der Waals surface area contributed by atoms with Gasteiger partial charge in [-0.1, -0.05) is 23.7 Å². The van der Waals surface area contributed by atoms with Gasteiger partial charge in [-0.15, -0.1) is 11.3 Å². The molecule has 3 nitrogen and oxygen atoms in total. The molecule has 0 radical (unpaired) electrons. The van der Waals surface area contributed by atoms with Crippen molar-refractivity contribution < 1.29 is 9.53 Å². The first kappa shape index (κ1) is 17.0. The minimum absolute atomic E-state index is 0.183. The van der Waals surface area contributed by atoms with E-state index < -0.39 is 5.54 Å². The van der Waals surface area contributed by atoms with Crippen LogP contribution in [0, 0.1) is 19.8 Å². The Labute approximate surface area is 156 Å². The van der Waals surface area contributed by atoms with Gasteiger partial charge in [-0.2, -0.15) is 0 Å². The van der Waals surface area contributed by atoms with Crippen LogP contribution in [0.2, 0.25) is 5.02 Å². The fourth-order valence-corrected chi connectivity index (χ4v) is 5.06. The number of rotatable bonds is 3. The van der Waals surface area contributed by atoms with Gasteiger partial charge in [-0.3, -0.25) is 9.79 Å². The van der Waals surface area contributed by atoms with Crippen LogP contribution in [0.3, 0.4) is 0 Å². The SMILES string of the molecule is COC[C@H]1C[C@@]12N=C(c1ccc(Cl)cc1)c1c(sc(C)c1C)CC2=O. The van der Waals surface area contributed by atoms with Crippen LogP contribution in [0.4, 0.5) is 0 Å². The summed E-state index contributed by atoms with van der Waals surface area (Å²) in [6, 6.07) is 7.75. The van der Waals surface area contributed by atoms with Gasteiger partial charge in [0.25, 0.3) is 0 Å². The van der Waals surface area contributed by atoms with E-state index >= 15 is 0 Å². The molecule has 0 bridgehead atoms. The quantitative estimate of drug-likeness (QED) is 0.800. The third kappa shape index (κ3) is 2.67. The summed E-state index contributed by atoms with van der Waals surface area (Å²) in [6.45, 7) is 4.81. The number of aryl methyl sites for hydroxylation is 1. The lowest BCUT2D eigenvalue weighted by atomic mass is 9.98. The first-order valence-corrected chi connectivity index (χ1v) is 9.63. The Balaban J connectivity index is 1.91. The number of methoxy groups -OCH3 is 1. The molecule has 2 atom stereocenters. The average Bonchev–Trinajstić information content (AvgIpc) is 3.23. The monoisotopic (exact) mass is 373 g/mol. The van der Waals surface area contributed by atoms with Gasteiger partial charge in [0.05, 0.1) is 12.3 Å². The molecule has 0 unspecified atom stereocenters. The van der Waals surface area contributed by atoms with Crippen LogP contribution in [-0.4, -0.2) is 30.8 Å². The number of carbonyl (C=O) groups excluding carboxylic acids is 1. The van der Waals surface area contributed by atoms with E-state index in [0.717, 1.165) is 28.1 Å². The summed E-state index contributed by atoms with van der Waals surface area (Å²) >= 11 is 7.79. The molecular formula is C20H20ClNO2S. The van der Waals surface area contributed by atoms with Crippen molar-refractivity contribution in [2.45, 2.75) is 32.2 Å². The topological polar surface area (TPSA) is 38.7 Å². The fourth-order valence-electron chi connectivity index (χ4n) is 3.76. The number of thiophene rings is 1. The number of benzene rings is 1. The zero-order chi connectivity index (χ0) is 17.8. The lowest BCUT2D eigenvalue weighted by Crippen LogP contribution is -2.26. The summed E-state index contributed by atoms with van der Waals surface area (Å²) in [7, 11) is 1.68. The largest absolute Gasteiger partial charge is 0.384 e. The van der Waals surface area contributed by atoms with Gasteiger partial charge in [-0.25, -0.2) is 0 Å². The van der Waals surface area contributed by atoms with Gasteiger partial charge < -0.3 is 4.74 Å². The van der Waals surface area contributed by atoms with Crippen molar-refractivity contribution in [2.75, 3.05) is 13.7 Å². The number of halogens is 1. The lowest BCUT2D eigenvalue weighted by molar-refractivity contribution is -0.120. The average molecular weight is 374 g/mol. The van der Waals surface area contributed by atoms with E-state index in [1.165, 1.54) is 10.4 Å². The summed E-state index contributed by atoms with van der Waals surface area (Å²) < 4.78 is 5.30. The van der Waals surface area contributed by atoms with E-state index in [1.807, 2.05) is 24.3 Å². The highest BCUT2D eigenvalue weighted by Crippen LogP contribution is 2.51. The van der Waals surface area contributed by atoms with Crippen LogP contribution in [0.25, 0.3) is 0 Å². The third-order valence-electron chi connectivity index (χ3n) is 5.37. The standard InChI is InChI=1S/C20H20ClNO2S/c1-11-12(2)25-16-8-17(23)20(9-14(20)10-24-3)22-19(18(11)16)13-4-6-15(21)7-5-13/h4-7,14H,8-10H2,1-3H3/t14-,20-/m1/s1. The van der Waals surface area contributed by atoms with Crippen molar-refractivity contribution >= 4 is 34.4 Å². The summed E-state index contributed by atoms with van der Waals surface area (Å²) in [4.78, 5) is 20.5. The Morgan fingerprint density at radius 3 is 2.72 bits per heavy atom. The molecule has 130 valence electrons. The molecule has 25 heavy (non-hydrogen) atoms. The van der Waals surface area contributed by atoms with Crippen LogP contribution >= 0.6 is 22.9 Å². The molecule has 4 rings (SSSR count). The van der Waals surface area contributed by atoms with E-state index in [0.29, 0.717) is 18.1 Å². The summed E-state index contributed by atoms with van der Waals surface area (Å²) in [5, 5.41) is 0.700. The highest BCUT2D eigenvalue weighted by atomic mass is 35.5. The van der Waals surface area contributed by atoms with Gasteiger partial charge in [0.15, 0.2) is 5.78 Å². The Bertz CT molecular complexity index is 884. The molecule has 1 aromatic heterocycles. The number of ether oxygens (including phenoxy) is 1. The van der Waals surface area contributed by atoms with E-state index in [-0.39, 0.29) is 11.7 Å². The third-order valence-corrected chi connectivity index (χ3v) is 6.83. The second-order valence-corrected chi connectivity index (χ2v) is 8.68. The first-order valence-electron chi connectivity index (χ1n) is 8.43. The number of carbonyl (C=O) groups is 1. The fraction of sp³-hybridized carbons (Fsp3) is 0.400. The van der Waals surface area contributed by atoms with Crippen LogP contribution < -0.4 is 0 Å². The Morgan fingerprint density at radius 1 is 1.32 bits per heavy atom. The number of nitrogens with zero attached hydrogens (tertiary/aromatic N) is 1. The van der Waals surface area contributed by atoms with Crippen molar-refractivity contribution in [1.29, 1.82) is 0 Å². The summed E-state index contributed by atoms with van der Waals surface area (Å²) in [5.74, 6) is 0.406. The second kappa shape index (κ2) is 6.04. The second-order valence-electron chi connectivity index (χ2n) is 6.93. The van der Waals surface area contributed by atoms with Gasteiger partial charge in [0.1, 0.15) is 5.54 Å². The molecule has 0 N–H and O–H groups in total. The maximum absolute atomic E-state index is 13.0. The molecule has 1 saturated carbocycles. The number of hydrogen-bond acceptors (Lipinski definition) is 4. The molecule has 1 aliphatic carbocycles. The number of ketones is 1. The minimum atomic E-state index is -0.607. The number of hydrogen-bond donors (Lipinski definition) is 0. The summed E-state index contributed by atoms with van der Waals surface area (Å²) in [6.07, 6.45) is 1.25. The molecule has 2 heterocycles. The number of fused-ring (bicyclic) bond motifs is 1. The maximum Gasteiger partial charge on any atom is 0.165 e. The van der Waals surface area contributed by atoms with Crippen molar-refractivity contribution in [3.05, 3.63) is 55.7 Å². The van der Waals surface area contributed by atoms with Crippen molar-refractivity contribution in [3.8, 4) is 0 Å². The van der Waals surface area contributed by atoms with Gasteiger partial charge >= 0.3 is 0 Å². The van der Waals surface area contributed by atoms with Crippen LogP contribution in [0.5, 0.6) is 0 Å². The molecule has 5 heteroatoms. The molecule has 0 amide bonds. The highest BCUT2D eigenvalue weighted by molar-refractivity contribution is 7.12. The minimum Gasteiger partial charge on any atom is -0.384 e. The molecule has 1 spiro atoms. The zero-order valence-corrected chi connectivity index (χ0v) is 16.1. The van der Waals surface area contributed by atoms with Crippen molar-refractivity contribution in [3.63, 3.8) is 0 Å². The first-order chi connectivity index (χ1) is 12.0. The van der Waals surface area contributed by atoms with Gasteiger partial charge in [-0.05, 0) is 38.0 Å². The highest BCUT2D eigenvalue weighted by Gasteiger charge is 2.60. The number of aliphatic imine (C=N–C) groups is 1. The van der Waals surface area contributed by atoms with Crippen molar-refractivity contribution in [1.82, 2.24) is 0 Å². The van der Waals surface area contributed by atoms with E-state index in [2.05, 4.69) is 13.8 Å². The maximum atomic E-state index is 13.0. The Hall–Kier alpha value is -1.49. The normalized spacial score (nSPS) is 24.9. The Morgan fingerprint density at radius 2 is 2.04 bits per heavy atom. The molecule has 2 aromatic rings. The molecule has 1 aliphatic heterocycles. The predicted octanol–water partition coefficient (Wildman–Crippen LogP) is 4.39.